The number of nitrogens with zero attached hydrogens (tertiary/aromatic N) is 1. The Balaban J connectivity index is 1.89. The summed E-state index contributed by atoms with van der Waals surface area (Å²) in [6.07, 6.45) is 4.85. The van der Waals surface area contributed by atoms with Crippen molar-refractivity contribution in [3.8, 4) is 0 Å². The van der Waals surface area contributed by atoms with E-state index in [1.807, 2.05) is 0 Å². The number of carbonyl (C=O) groups is 1. The Morgan fingerprint density at radius 2 is 1.48 bits per heavy atom. The number of primary amides is 1. The number of amides is 1. The molecule has 3 rings (SSSR count). The van der Waals surface area contributed by atoms with Gasteiger partial charge in [0.2, 0.25) is 9.84 Å². The highest BCUT2D eigenvalue weighted by Gasteiger charge is 2.24. The fourth-order valence-electron chi connectivity index (χ4n) is 2.43. The molecule has 0 bridgehead atoms. The molecule has 0 aliphatic rings. The van der Waals surface area contributed by atoms with Crippen molar-refractivity contribution in [2.75, 3.05) is 0 Å². The summed E-state index contributed by atoms with van der Waals surface area (Å²) < 4.78 is 38.4. The summed E-state index contributed by atoms with van der Waals surface area (Å²) in [6.45, 7) is 0. The maximum Gasteiger partial charge on any atom is 0.251 e. The van der Waals surface area contributed by atoms with E-state index in [-0.39, 0.29) is 21.3 Å². The van der Waals surface area contributed by atoms with E-state index < -0.39 is 15.7 Å². The average molecular weight is 382 g/mol. The van der Waals surface area contributed by atoms with Crippen LogP contribution in [0.5, 0.6) is 0 Å². The van der Waals surface area contributed by atoms with Crippen molar-refractivity contribution >= 4 is 27.9 Å². The third-order valence-corrected chi connectivity index (χ3v) is 5.55. The number of nitrogens with two attached hydrogens (primary N) is 1. The molecule has 1 aromatic heterocycles. The minimum atomic E-state index is -3.98. The number of hydrogen-bond acceptors (Lipinski definition) is 4. The van der Waals surface area contributed by atoms with E-state index in [1.54, 1.807) is 36.4 Å². The highest BCUT2D eigenvalue weighted by atomic mass is 32.2. The number of rotatable bonds is 5. The molecule has 0 spiro atoms. The molecule has 7 heteroatoms. The summed E-state index contributed by atoms with van der Waals surface area (Å²) in [5.41, 5.74) is 6.66. The Labute approximate surface area is 155 Å². The fourth-order valence-corrected chi connectivity index (χ4v) is 3.80. The van der Waals surface area contributed by atoms with Crippen LogP contribution in [0.25, 0.3) is 12.2 Å². The summed E-state index contributed by atoms with van der Waals surface area (Å²) in [5.74, 6) is -1.17. The minimum absolute atomic E-state index is 0.00244. The number of halogens is 1. The van der Waals surface area contributed by atoms with Gasteiger partial charge >= 0.3 is 0 Å². The van der Waals surface area contributed by atoms with Crippen LogP contribution in [-0.2, 0) is 9.84 Å². The molecule has 0 aliphatic carbocycles. The van der Waals surface area contributed by atoms with Crippen LogP contribution < -0.4 is 5.73 Å². The number of carbonyl (C=O) groups excluding carboxylic acids is 1. The molecule has 0 radical (unpaired) electrons. The Morgan fingerprint density at radius 1 is 0.926 bits per heavy atom. The Morgan fingerprint density at radius 3 is 2.04 bits per heavy atom. The molecule has 0 saturated heterocycles. The van der Waals surface area contributed by atoms with Gasteiger partial charge < -0.3 is 5.73 Å². The molecule has 1 amide bonds. The van der Waals surface area contributed by atoms with Gasteiger partial charge in [0.25, 0.3) is 5.91 Å². The van der Waals surface area contributed by atoms with Crippen molar-refractivity contribution < 1.29 is 17.6 Å². The van der Waals surface area contributed by atoms with E-state index in [0.29, 0.717) is 0 Å². The number of aromatic nitrogens is 1. The molecule has 0 saturated carbocycles. The van der Waals surface area contributed by atoms with Crippen LogP contribution in [-0.4, -0.2) is 19.3 Å². The lowest BCUT2D eigenvalue weighted by atomic mass is 10.1. The van der Waals surface area contributed by atoms with Crippen LogP contribution in [0.1, 0.15) is 21.5 Å². The summed E-state index contributed by atoms with van der Waals surface area (Å²) >= 11 is 0. The van der Waals surface area contributed by atoms with Gasteiger partial charge in [0, 0.05) is 6.20 Å². The third-order valence-electron chi connectivity index (χ3n) is 3.82. The van der Waals surface area contributed by atoms with Crippen LogP contribution in [0.4, 0.5) is 4.39 Å². The van der Waals surface area contributed by atoms with Crippen LogP contribution >= 0.6 is 0 Å². The first-order valence-corrected chi connectivity index (χ1v) is 9.40. The molecular formula is C20H15FN2O3S. The molecule has 1 heterocycles. The second-order valence-electron chi connectivity index (χ2n) is 5.68. The summed E-state index contributed by atoms with van der Waals surface area (Å²) in [7, 11) is -3.98. The van der Waals surface area contributed by atoms with Gasteiger partial charge in [-0.25, -0.2) is 17.8 Å². The standard InChI is InChI=1S/C20H15FN2O3S/c21-16-9-5-14(6-10-16)3-4-15-7-11-17(12-8-15)27(25,26)20-18(19(22)24)2-1-13-23-20/h1-13H,(H2,22,24)/b4-3+. The molecule has 0 unspecified atom stereocenters. The van der Waals surface area contributed by atoms with Gasteiger partial charge in [-0.05, 0) is 47.5 Å². The molecule has 0 atom stereocenters. The van der Waals surface area contributed by atoms with E-state index in [9.17, 15) is 17.6 Å². The van der Waals surface area contributed by atoms with Crippen molar-refractivity contribution in [3.05, 3.63) is 89.4 Å². The highest BCUT2D eigenvalue weighted by Crippen LogP contribution is 2.23. The second kappa shape index (κ2) is 7.51. The number of benzene rings is 2. The van der Waals surface area contributed by atoms with Gasteiger partial charge in [0.05, 0.1) is 10.5 Å². The zero-order valence-electron chi connectivity index (χ0n) is 14.0. The smallest absolute Gasteiger partial charge is 0.251 e. The van der Waals surface area contributed by atoms with Gasteiger partial charge in [-0.1, -0.05) is 36.4 Å². The van der Waals surface area contributed by atoms with Crippen molar-refractivity contribution in [2.45, 2.75) is 9.92 Å². The second-order valence-corrected chi connectivity index (χ2v) is 7.54. The first kappa shape index (κ1) is 18.5. The molecule has 2 aromatic carbocycles. The zero-order valence-corrected chi connectivity index (χ0v) is 14.9. The van der Waals surface area contributed by atoms with Gasteiger partial charge in [0.15, 0.2) is 5.03 Å². The molecule has 3 aromatic rings. The predicted molar refractivity (Wildman–Crippen MR) is 100.0 cm³/mol. The Bertz CT molecular complexity index is 1110. The van der Waals surface area contributed by atoms with Gasteiger partial charge in [-0.2, -0.15) is 0 Å². The van der Waals surface area contributed by atoms with Gasteiger partial charge in [-0.15, -0.1) is 0 Å². The molecule has 0 fully saturated rings. The largest absolute Gasteiger partial charge is 0.366 e. The van der Waals surface area contributed by atoms with Crippen molar-refractivity contribution in [1.82, 2.24) is 4.98 Å². The first-order chi connectivity index (χ1) is 12.9. The normalized spacial score (nSPS) is 11.6. The zero-order chi connectivity index (χ0) is 19.4. The fraction of sp³-hybridized carbons (Fsp3) is 0. The van der Waals surface area contributed by atoms with Crippen molar-refractivity contribution in [1.29, 1.82) is 0 Å². The summed E-state index contributed by atoms with van der Waals surface area (Å²) in [6, 6.07) is 14.9. The Kier molecular flexibility index (Phi) is 5.14. The molecule has 0 aliphatic heterocycles. The first-order valence-electron chi connectivity index (χ1n) is 7.91. The van der Waals surface area contributed by atoms with E-state index in [2.05, 4.69) is 4.98 Å². The van der Waals surface area contributed by atoms with E-state index >= 15 is 0 Å². The lowest BCUT2D eigenvalue weighted by molar-refractivity contribution is 0.0996. The van der Waals surface area contributed by atoms with Crippen molar-refractivity contribution in [3.63, 3.8) is 0 Å². The average Bonchev–Trinajstić information content (AvgIpc) is 2.68. The van der Waals surface area contributed by atoms with E-state index in [0.717, 1.165) is 11.1 Å². The topological polar surface area (TPSA) is 90.1 Å². The van der Waals surface area contributed by atoms with Crippen molar-refractivity contribution in [2.24, 2.45) is 5.73 Å². The third kappa shape index (κ3) is 4.09. The number of pyridine rings is 1. The quantitative estimate of drug-likeness (QED) is 0.686. The molecule has 27 heavy (non-hydrogen) atoms. The summed E-state index contributed by atoms with van der Waals surface area (Å²) in [4.78, 5) is 15.3. The molecular weight excluding hydrogens is 367 g/mol. The highest BCUT2D eigenvalue weighted by molar-refractivity contribution is 7.91. The van der Waals surface area contributed by atoms with Gasteiger partial charge in [0.1, 0.15) is 5.82 Å². The number of sulfone groups is 1. The minimum Gasteiger partial charge on any atom is -0.366 e. The maximum atomic E-state index is 12.9. The van der Waals surface area contributed by atoms with Crippen LogP contribution in [0.3, 0.4) is 0 Å². The van der Waals surface area contributed by atoms with Crippen LogP contribution in [0.15, 0.2) is 76.8 Å². The molecule has 5 nitrogen and oxygen atoms in total. The van der Waals surface area contributed by atoms with E-state index in [4.69, 9.17) is 5.73 Å². The van der Waals surface area contributed by atoms with Crippen LogP contribution in [0, 0.1) is 5.82 Å². The predicted octanol–water partition coefficient (Wildman–Crippen LogP) is 3.32. The summed E-state index contributed by atoms with van der Waals surface area (Å²) in [5, 5.41) is -0.368. The lowest BCUT2D eigenvalue weighted by Crippen LogP contribution is -2.17. The van der Waals surface area contributed by atoms with E-state index in [1.165, 1.54) is 42.6 Å². The van der Waals surface area contributed by atoms with Crippen LogP contribution in [0.2, 0.25) is 0 Å². The molecule has 136 valence electrons. The van der Waals surface area contributed by atoms with Gasteiger partial charge in [-0.3, -0.25) is 4.79 Å². The lowest BCUT2D eigenvalue weighted by Gasteiger charge is -2.07. The maximum absolute atomic E-state index is 12.9. The number of hydrogen-bond donors (Lipinski definition) is 1. The SMILES string of the molecule is NC(=O)c1cccnc1S(=O)(=O)c1ccc(/C=C/c2ccc(F)cc2)cc1. The molecule has 2 N–H and O–H groups in total. The monoisotopic (exact) mass is 382 g/mol. The Hall–Kier alpha value is -3.32.